The Hall–Kier alpha value is -1.05. The Balaban J connectivity index is 2.01. The molecule has 0 radical (unpaired) electrons. The van der Waals surface area contributed by atoms with Gasteiger partial charge in [0, 0.05) is 29.4 Å². The number of hydrogen-bond acceptors (Lipinski definition) is 1. The first-order chi connectivity index (χ1) is 9.48. The number of rotatable bonds is 1. The smallest absolute Gasteiger partial charge is 0.165 e. The molecule has 1 aromatic rings. The highest BCUT2D eigenvalue weighted by atomic mass is 16.1. The summed E-state index contributed by atoms with van der Waals surface area (Å²) in [5.74, 6) is 0.353. The summed E-state index contributed by atoms with van der Waals surface area (Å²) >= 11 is 0. The first kappa shape index (κ1) is 13.9. The molecule has 1 fully saturated rings. The Morgan fingerprint density at radius 3 is 2.40 bits per heavy atom. The van der Waals surface area contributed by atoms with E-state index >= 15 is 0 Å². The standard InChI is InChI=1S/C18H27NO/c1-13-10-15-16(11-18(2,3)12-17(15)20)19(13)14-8-6-4-5-7-9-14/h10,14H,4-9,11-12H2,1-3H3. The van der Waals surface area contributed by atoms with Crippen LogP contribution in [0.15, 0.2) is 6.07 Å². The van der Waals surface area contributed by atoms with Crippen LogP contribution < -0.4 is 0 Å². The number of fused-ring (bicyclic) bond motifs is 1. The van der Waals surface area contributed by atoms with Crippen LogP contribution in [0.25, 0.3) is 0 Å². The molecule has 0 amide bonds. The molecule has 0 aliphatic heterocycles. The first-order valence-electron chi connectivity index (χ1n) is 8.22. The molecule has 0 saturated heterocycles. The highest BCUT2D eigenvalue weighted by Crippen LogP contribution is 2.39. The summed E-state index contributed by atoms with van der Waals surface area (Å²) in [6, 6.07) is 2.78. The van der Waals surface area contributed by atoms with Crippen LogP contribution in [0.1, 0.15) is 86.6 Å². The molecule has 1 heterocycles. The molecule has 2 aliphatic rings. The van der Waals surface area contributed by atoms with Crippen LogP contribution in [0.5, 0.6) is 0 Å². The van der Waals surface area contributed by atoms with Crippen molar-refractivity contribution in [1.82, 2.24) is 4.57 Å². The van der Waals surface area contributed by atoms with Crippen LogP contribution in [0.4, 0.5) is 0 Å². The number of nitrogens with zero attached hydrogens (tertiary/aromatic N) is 1. The van der Waals surface area contributed by atoms with Crippen molar-refractivity contribution in [1.29, 1.82) is 0 Å². The van der Waals surface area contributed by atoms with Gasteiger partial charge in [0.25, 0.3) is 0 Å². The molecule has 20 heavy (non-hydrogen) atoms. The maximum absolute atomic E-state index is 12.4. The monoisotopic (exact) mass is 273 g/mol. The summed E-state index contributed by atoms with van der Waals surface area (Å²) in [5, 5.41) is 0. The summed E-state index contributed by atoms with van der Waals surface area (Å²) < 4.78 is 2.53. The Kier molecular flexibility index (Phi) is 3.51. The molecule has 2 aliphatic carbocycles. The van der Waals surface area contributed by atoms with Crippen molar-refractivity contribution in [3.63, 3.8) is 0 Å². The first-order valence-corrected chi connectivity index (χ1v) is 8.22. The van der Waals surface area contributed by atoms with Gasteiger partial charge >= 0.3 is 0 Å². The quantitative estimate of drug-likeness (QED) is 0.671. The van der Waals surface area contributed by atoms with Crippen LogP contribution in [0, 0.1) is 12.3 Å². The summed E-state index contributed by atoms with van der Waals surface area (Å²) in [6.45, 7) is 6.64. The second kappa shape index (κ2) is 5.05. The van der Waals surface area contributed by atoms with Gasteiger partial charge in [-0.1, -0.05) is 39.5 Å². The van der Waals surface area contributed by atoms with E-state index in [0.29, 0.717) is 18.2 Å². The average molecular weight is 273 g/mol. The van der Waals surface area contributed by atoms with Crippen molar-refractivity contribution in [2.24, 2.45) is 5.41 Å². The predicted octanol–water partition coefficient (Wildman–Crippen LogP) is 4.85. The Morgan fingerprint density at radius 1 is 1.10 bits per heavy atom. The molecule has 2 heteroatoms. The molecule has 1 aromatic heterocycles. The van der Waals surface area contributed by atoms with Gasteiger partial charge in [-0.05, 0) is 37.7 Å². The van der Waals surface area contributed by atoms with Gasteiger partial charge in [0.05, 0.1) is 0 Å². The molecule has 0 atom stereocenters. The molecular formula is C18H27NO. The van der Waals surface area contributed by atoms with Crippen LogP contribution in [0.2, 0.25) is 0 Å². The number of ketones is 1. The largest absolute Gasteiger partial charge is 0.345 e. The third-order valence-electron chi connectivity index (χ3n) is 5.11. The van der Waals surface area contributed by atoms with Gasteiger partial charge in [-0.2, -0.15) is 0 Å². The van der Waals surface area contributed by atoms with Crippen LogP contribution >= 0.6 is 0 Å². The van der Waals surface area contributed by atoms with Crippen molar-refractivity contribution in [2.75, 3.05) is 0 Å². The van der Waals surface area contributed by atoms with Gasteiger partial charge in [-0.3, -0.25) is 4.79 Å². The number of aryl methyl sites for hydroxylation is 1. The third-order valence-corrected chi connectivity index (χ3v) is 5.11. The van der Waals surface area contributed by atoms with Crippen molar-refractivity contribution >= 4 is 5.78 Å². The average Bonchev–Trinajstić information content (AvgIpc) is 2.55. The topological polar surface area (TPSA) is 22.0 Å². The van der Waals surface area contributed by atoms with E-state index < -0.39 is 0 Å². The fourth-order valence-corrected chi connectivity index (χ4v) is 4.20. The highest BCUT2D eigenvalue weighted by molar-refractivity contribution is 5.99. The minimum absolute atomic E-state index is 0.122. The summed E-state index contributed by atoms with van der Waals surface area (Å²) in [5.41, 5.74) is 3.77. The molecule has 2 nitrogen and oxygen atoms in total. The number of carbonyl (C=O) groups is 1. The van der Waals surface area contributed by atoms with E-state index in [9.17, 15) is 4.79 Å². The second-order valence-electron chi connectivity index (χ2n) is 7.60. The van der Waals surface area contributed by atoms with E-state index in [1.54, 1.807) is 0 Å². The van der Waals surface area contributed by atoms with E-state index in [0.717, 1.165) is 12.0 Å². The van der Waals surface area contributed by atoms with Crippen molar-refractivity contribution < 1.29 is 4.79 Å². The summed E-state index contributed by atoms with van der Waals surface area (Å²) in [7, 11) is 0. The predicted molar refractivity (Wildman–Crippen MR) is 82.3 cm³/mol. The van der Waals surface area contributed by atoms with Crippen molar-refractivity contribution in [2.45, 2.75) is 78.2 Å². The summed E-state index contributed by atoms with van der Waals surface area (Å²) in [4.78, 5) is 12.4. The third kappa shape index (κ3) is 2.45. The number of aromatic nitrogens is 1. The molecule has 0 aromatic carbocycles. The van der Waals surface area contributed by atoms with Gasteiger partial charge in [-0.15, -0.1) is 0 Å². The van der Waals surface area contributed by atoms with E-state index in [-0.39, 0.29) is 5.41 Å². The Bertz CT molecular complexity index is 516. The van der Waals surface area contributed by atoms with E-state index in [1.165, 1.54) is 49.9 Å². The zero-order valence-corrected chi connectivity index (χ0v) is 13.2. The SMILES string of the molecule is Cc1cc2c(n1C1CCCCCC1)CC(C)(C)CC2=O. The molecule has 110 valence electrons. The lowest BCUT2D eigenvalue weighted by Crippen LogP contribution is -2.29. The second-order valence-corrected chi connectivity index (χ2v) is 7.60. The van der Waals surface area contributed by atoms with Gasteiger partial charge in [-0.25, -0.2) is 0 Å². The van der Waals surface area contributed by atoms with E-state index in [1.807, 2.05) is 0 Å². The van der Waals surface area contributed by atoms with Gasteiger partial charge in [0.15, 0.2) is 5.78 Å². The van der Waals surface area contributed by atoms with Crippen molar-refractivity contribution in [3.8, 4) is 0 Å². The lowest BCUT2D eigenvalue weighted by molar-refractivity contribution is 0.0909. The maximum atomic E-state index is 12.4. The lowest BCUT2D eigenvalue weighted by atomic mass is 9.76. The zero-order valence-electron chi connectivity index (χ0n) is 13.2. The Morgan fingerprint density at radius 2 is 1.75 bits per heavy atom. The Labute approximate surface area is 122 Å². The van der Waals surface area contributed by atoms with Crippen LogP contribution in [-0.4, -0.2) is 10.4 Å². The van der Waals surface area contributed by atoms with Crippen molar-refractivity contribution in [3.05, 3.63) is 23.0 Å². The zero-order chi connectivity index (χ0) is 14.3. The van der Waals surface area contributed by atoms with Crippen LogP contribution in [0.3, 0.4) is 0 Å². The van der Waals surface area contributed by atoms with E-state index in [4.69, 9.17) is 0 Å². The number of carbonyl (C=O) groups excluding carboxylic acids is 1. The molecule has 3 rings (SSSR count). The highest BCUT2D eigenvalue weighted by Gasteiger charge is 2.35. The van der Waals surface area contributed by atoms with Gasteiger partial charge in [0.1, 0.15) is 0 Å². The number of Topliss-reactive ketones (excluding diaryl/α,β-unsaturated/α-hetero) is 1. The number of hydrogen-bond donors (Lipinski definition) is 0. The fourth-order valence-electron chi connectivity index (χ4n) is 4.20. The molecular weight excluding hydrogens is 246 g/mol. The molecule has 0 N–H and O–H groups in total. The summed E-state index contributed by atoms with van der Waals surface area (Å²) in [6.07, 6.45) is 9.77. The minimum Gasteiger partial charge on any atom is -0.345 e. The van der Waals surface area contributed by atoms with E-state index in [2.05, 4.69) is 31.4 Å². The molecule has 0 spiro atoms. The maximum Gasteiger partial charge on any atom is 0.165 e. The minimum atomic E-state index is 0.122. The van der Waals surface area contributed by atoms with Crippen LogP contribution in [-0.2, 0) is 6.42 Å². The van der Waals surface area contributed by atoms with Gasteiger partial charge in [0.2, 0.25) is 0 Å². The molecule has 0 unspecified atom stereocenters. The molecule has 0 bridgehead atoms. The molecule has 1 saturated carbocycles. The lowest BCUT2D eigenvalue weighted by Gasteiger charge is -2.32. The fraction of sp³-hybridized carbons (Fsp3) is 0.722. The normalized spacial score (nSPS) is 23.4. The van der Waals surface area contributed by atoms with Gasteiger partial charge < -0.3 is 4.57 Å².